The molecular formula is C21H17N3O3S. The first-order valence-corrected chi connectivity index (χ1v) is 9.55. The van der Waals surface area contributed by atoms with Crippen LogP contribution in [0.25, 0.3) is 21.3 Å². The smallest absolute Gasteiger partial charge is 0.359 e. The summed E-state index contributed by atoms with van der Waals surface area (Å²) in [7, 11) is 1.51. The Morgan fingerprint density at radius 1 is 1.11 bits per heavy atom. The van der Waals surface area contributed by atoms with Crippen molar-refractivity contribution in [3.63, 3.8) is 0 Å². The van der Waals surface area contributed by atoms with E-state index in [2.05, 4.69) is 10.1 Å². The number of carbonyl (C=O) groups is 1. The van der Waals surface area contributed by atoms with E-state index in [-0.39, 0.29) is 17.9 Å². The monoisotopic (exact) mass is 391 g/mol. The Labute approximate surface area is 165 Å². The van der Waals surface area contributed by atoms with Gasteiger partial charge in [0.2, 0.25) is 0 Å². The average molecular weight is 391 g/mol. The lowest BCUT2D eigenvalue weighted by atomic mass is 10.1. The number of hydrogen-bond acceptors (Lipinski definition) is 6. The van der Waals surface area contributed by atoms with Crippen molar-refractivity contribution in [1.82, 2.24) is 14.8 Å². The first kappa shape index (κ1) is 18.1. The highest BCUT2D eigenvalue weighted by Gasteiger charge is 2.17. The van der Waals surface area contributed by atoms with E-state index < -0.39 is 5.97 Å². The number of hydrogen-bond donors (Lipinski definition) is 0. The fourth-order valence-corrected chi connectivity index (χ4v) is 3.67. The van der Waals surface area contributed by atoms with Crippen molar-refractivity contribution in [2.75, 3.05) is 0 Å². The van der Waals surface area contributed by atoms with Gasteiger partial charge in [-0.25, -0.2) is 14.5 Å². The minimum Gasteiger partial charge on any atom is -0.454 e. The second-order valence-corrected chi connectivity index (χ2v) is 7.27. The number of benzene rings is 2. The molecule has 2 aromatic heterocycles. The maximum Gasteiger partial charge on any atom is 0.359 e. The van der Waals surface area contributed by atoms with Crippen LogP contribution in [0.1, 0.15) is 21.7 Å². The predicted octanol–water partition coefficient (Wildman–Crippen LogP) is 3.72. The second kappa shape index (κ2) is 7.36. The predicted molar refractivity (Wildman–Crippen MR) is 108 cm³/mol. The lowest BCUT2D eigenvalue weighted by molar-refractivity contribution is 0.0461. The summed E-state index contributed by atoms with van der Waals surface area (Å²) in [6, 6.07) is 15.0. The Kier molecular flexibility index (Phi) is 4.75. The molecule has 0 unspecified atom stereocenters. The molecule has 4 aromatic rings. The number of carbonyl (C=O) groups excluding carboxylic acids is 1. The van der Waals surface area contributed by atoms with Crippen LogP contribution in [0.2, 0.25) is 0 Å². The minimum absolute atomic E-state index is 0.0417. The van der Waals surface area contributed by atoms with E-state index >= 15 is 0 Å². The Hall–Kier alpha value is -3.32. The van der Waals surface area contributed by atoms with Gasteiger partial charge in [-0.05, 0) is 13.0 Å². The van der Waals surface area contributed by atoms with Crippen LogP contribution in [-0.4, -0.2) is 20.7 Å². The molecule has 0 amide bonds. The summed E-state index contributed by atoms with van der Waals surface area (Å²) in [5.41, 5.74) is 2.74. The van der Waals surface area contributed by atoms with Gasteiger partial charge in [-0.2, -0.15) is 5.10 Å². The lowest BCUT2D eigenvalue weighted by Crippen LogP contribution is -2.23. The molecule has 7 heteroatoms. The van der Waals surface area contributed by atoms with Crippen molar-refractivity contribution in [1.29, 1.82) is 0 Å². The molecule has 0 aliphatic carbocycles. The van der Waals surface area contributed by atoms with Crippen LogP contribution >= 0.6 is 11.3 Å². The molecule has 0 bridgehead atoms. The van der Waals surface area contributed by atoms with Gasteiger partial charge in [-0.1, -0.05) is 48.0 Å². The van der Waals surface area contributed by atoms with E-state index in [1.54, 1.807) is 24.3 Å². The first-order chi connectivity index (χ1) is 13.5. The summed E-state index contributed by atoms with van der Waals surface area (Å²) in [6.07, 6.45) is 0. The molecule has 0 atom stereocenters. The molecule has 0 radical (unpaired) electrons. The Morgan fingerprint density at radius 2 is 1.82 bits per heavy atom. The number of thiazole rings is 1. The molecule has 0 saturated carbocycles. The van der Waals surface area contributed by atoms with Gasteiger partial charge in [-0.15, -0.1) is 11.3 Å². The van der Waals surface area contributed by atoms with Gasteiger partial charge < -0.3 is 4.74 Å². The van der Waals surface area contributed by atoms with Crippen LogP contribution in [0, 0.1) is 6.92 Å². The summed E-state index contributed by atoms with van der Waals surface area (Å²) in [5.74, 6) is -0.586. The summed E-state index contributed by atoms with van der Waals surface area (Å²) in [5, 5.41) is 7.74. The summed E-state index contributed by atoms with van der Waals surface area (Å²) in [6.45, 7) is 2.08. The fraction of sp³-hybridized carbons (Fsp3) is 0.143. The van der Waals surface area contributed by atoms with Gasteiger partial charge in [0.15, 0.2) is 5.69 Å². The highest BCUT2D eigenvalue weighted by atomic mass is 32.1. The molecule has 6 nitrogen and oxygen atoms in total. The number of ether oxygens (including phenoxy) is 1. The standard InChI is InChI=1S/C21H17N3O3S/c1-13-7-9-14(10-8-13)19-22-15(12-28-19)11-27-21(26)18-16-5-3-4-6-17(16)20(25)24(2)23-18/h3-10,12H,11H2,1-2H3. The highest BCUT2D eigenvalue weighted by Crippen LogP contribution is 2.24. The maximum absolute atomic E-state index is 12.6. The number of aryl methyl sites for hydroxylation is 2. The largest absolute Gasteiger partial charge is 0.454 e. The molecule has 0 fully saturated rings. The van der Waals surface area contributed by atoms with Crippen molar-refractivity contribution < 1.29 is 9.53 Å². The molecule has 2 aromatic carbocycles. The highest BCUT2D eigenvalue weighted by molar-refractivity contribution is 7.13. The summed E-state index contributed by atoms with van der Waals surface area (Å²) >= 11 is 1.50. The molecule has 28 heavy (non-hydrogen) atoms. The summed E-state index contributed by atoms with van der Waals surface area (Å²) < 4.78 is 6.56. The molecule has 0 aliphatic rings. The van der Waals surface area contributed by atoms with E-state index in [1.807, 2.05) is 36.6 Å². The number of aromatic nitrogens is 3. The van der Waals surface area contributed by atoms with Crippen LogP contribution in [0.5, 0.6) is 0 Å². The van der Waals surface area contributed by atoms with E-state index in [4.69, 9.17) is 4.74 Å². The normalized spacial score (nSPS) is 10.9. The van der Waals surface area contributed by atoms with Crippen LogP contribution in [0.3, 0.4) is 0 Å². The topological polar surface area (TPSA) is 74.1 Å². The molecule has 0 spiro atoms. The zero-order chi connectivity index (χ0) is 19.7. The van der Waals surface area contributed by atoms with E-state index in [0.29, 0.717) is 16.5 Å². The zero-order valence-electron chi connectivity index (χ0n) is 15.4. The van der Waals surface area contributed by atoms with Gasteiger partial charge in [-0.3, -0.25) is 4.79 Å². The quantitative estimate of drug-likeness (QED) is 0.496. The van der Waals surface area contributed by atoms with Crippen molar-refractivity contribution in [2.24, 2.45) is 7.05 Å². The molecule has 0 aliphatic heterocycles. The molecule has 0 N–H and O–H groups in total. The van der Waals surface area contributed by atoms with Crippen LogP contribution in [0.4, 0.5) is 0 Å². The van der Waals surface area contributed by atoms with Crippen molar-refractivity contribution in [3.8, 4) is 10.6 Å². The Balaban J connectivity index is 1.54. The van der Waals surface area contributed by atoms with Crippen molar-refractivity contribution in [3.05, 3.63) is 81.2 Å². The third-order valence-electron chi connectivity index (χ3n) is 4.35. The van der Waals surface area contributed by atoms with Gasteiger partial charge in [0.05, 0.1) is 11.1 Å². The van der Waals surface area contributed by atoms with Gasteiger partial charge in [0.25, 0.3) is 5.56 Å². The average Bonchev–Trinajstić information content (AvgIpc) is 3.18. The number of fused-ring (bicyclic) bond motifs is 1. The number of rotatable bonds is 4. The van der Waals surface area contributed by atoms with Crippen LogP contribution in [-0.2, 0) is 18.4 Å². The van der Waals surface area contributed by atoms with E-state index in [1.165, 1.54) is 23.9 Å². The van der Waals surface area contributed by atoms with Gasteiger partial charge in [0.1, 0.15) is 11.6 Å². The zero-order valence-corrected chi connectivity index (χ0v) is 16.2. The van der Waals surface area contributed by atoms with E-state index in [0.717, 1.165) is 15.3 Å². The Bertz CT molecular complexity index is 1230. The number of esters is 1. The van der Waals surface area contributed by atoms with Gasteiger partial charge in [0, 0.05) is 23.4 Å². The first-order valence-electron chi connectivity index (χ1n) is 8.67. The molecule has 0 saturated heterocycles. The SMILES string of the molecule is Cc1ccc(-c2nc(COC(=O)c3nn(C)c(=O)c4ccccc34)cs2)cc1. The fourth-order valence-electron chi connectivity index (χ4n) is 2.86. The lowest BCUT2D eigenvalue weighted by Gasteiger charge is -2.07. The molecule has 140 valence electrons. The van der Waals surface area contributed by atoms with Crippen molar-refractivity contribution >= 4 is 28.1 Å². The second-order valence-electron chi connectivity index (χ2n) is 6.41. The van der Waals surface area contributed by atoms with Crippen molar-refractivity contribution in [2.45, 2.75) is 13.5 Å². The number of nitrogens with zero attached hydrogens (tertiary/aromatic N) is 3. The Morgan fingerprint density at radius 3 is 2.57 bits per heavy atom. The third-order valence-corrected chi connectivity index (χ3v) is 5.29. The maximum atomic E-state index is 12.6. The molecule has 2 heterocycles. The minimum atomic E-state index is -0.586. The third kappa shape index (κ3) is 3.44. The molecule has 4 rings (SSSR count). The van der Waals surface area contributed by atoms with Gasteiger partial charge >= 0.3 is 5.97 Å². The summed E-state index contributed by atoms with van der Waals surface area (Å²) in [4.78, 5) is 29.3. The van der Waals surface area contributed by atoms with Crippen LogP contribution < -0.4 is 5.56 Å². The van der Waals surface area contributed by atoms with Crippen LogP contribution in [0.15, 0.2) is 58.7 Å². The van der Waals surface area contributed by atoms with E-state index in [9.17, 15) is 9.59 Å². The molecular weight excluding hydrogens is 374 g/mol.